The van der Waals surface area contributed by atoms with Crippen LogP contribution >= 0.6 is 59.8 Å². The summed E-state index contributed by atoms with van der Waals surface area (Å²) >= 11 is 13.1. The number of nitrogens with zero attached hydrogens (tertiary/aromatic N) is 2. The molecular weight excluding hydrogens is 438 g/mol. The lowest BCUT2D eigenvalue weighted by molar-refractivity contribution is 0.102. The topological polar surface area (TPSA) is 70.7 Å². The Morgan fingerprint density at radius 1 is 1.12 bits per heavy atom. The Labute approximate surface area is 177 Å². The van der Waals surface area contributed by atoms with Crippen molar-refractivity contribution in [2.75, 3.05) is 5.32 Å². The second-order valence-corrected chi connectivity index (χ2v) is 6.48. The number of halogens is 4. The maximum Gasteiger partial charge on any atom is 0.255 e. The SMILES string of the molecule is Cl.Cl.O=C(Nc1ccncc1)c1ccccc1CSc1nc(Cl)c(Cl)[nH]1. The molecule has 0 atom stereocenters. The van der Waals surface area contributed by atoms with Crippen molar-refractivity contribution in [1.82, 2.24) is 15.0 Å². The first-order valence-corrected chi connectivity index (χ1v) is 8.70. The number of hydrogen-bond donors (Lipinski definition) is 2. The molecule has 2 N–H and O–H groups in total. The van der Waals surface area contributed by atoms with E-state index in [1.807, 2.05) is 18.2 Å². The first kappa shape index (κ1) is 22.6. The van der Waals surface area contributed by atoms with E-state index in [-0.39, 0.29) is 35.9 Å². The third-order valence-electron chi connectivity index (χ3n) is 3.16. The number of pyridine rings is 1. The lowest BCUT2D eigenvalue weighted by atomic mass is 10.1. The Balaban J connectivity index is 0.00000169. The van der Waals surface area contributed by atoms with E-state index in [0.717, 1.165) is 5.56 Å². The number of benzene rings is 1. The van der Waals surface area contributed by atoms with Gasteiger partial charge in [-0.3, -0.25) is 9.78 Å². The van der Waals surface area contributed by atoms with Crippen LogP contribution in [-0.2, 0) is 5.75 Å². The number of nitrogens with one attached hydrogen (secondary N) is 2. The lowest BCUT2D eigenvalue weighted by Crippen LogP contribution is -2.14. The van der Waals surface area contributed by atoms with Crippen LogP contribution in [0.4, 0.5) is 5.69 Å². The van der Waals surface area contributed by atoms with E-state index in [4.69, 9.17) is 23.2 Å². The van der Waals surface area contributed by atoms with Gasteiger partial charge >= 0.3 is 0 Å². The average Bonchev–Trinajstić information content (AvgIpc) is 2.92. The van der Waals surface area contributed by atoms with Crippen LogP contribution in [0.2, 0.25) is 10.3 Å². The fourth-order valence-corrected chi connectivity index (χ4v) is 3.27. The number of rotatable bonds is 5. The van der Waals surface area contributed by atoms with Gasteiger partial charge in [0.15, 0.2) is 10.3 Å². The number of H-pyrrole nitrogens is 1. The third kappa shape index (κ3) is 5.79. The van der Waals surface area contributed by atoms with Crippen LogP contribution in [-0.4, -0.2) is 20.9 Å². The van der Waals surface area contributed by atoms with Crippen molar-refractivity contribution in [3.8, 4) is 0 Å². The van der Waals surface area contributed by atoms with E-state index in [9.17, 15) is 4.79 Å². The van der Waals surface area contributed by atoms with Crippen LogP contribution in [0.1, 0.15) is 15.9 Å². The highest BCUT2D eigenvalue weighted by Gasteiger charge is 2.13. The van der Waals surface area contributed by atoms with Crippen LogP contribution in [0.25, 0.3) is 0 Å². The quantitative estimate of drug-likeness (QED) is 0.502. The fourth-order valence-electron chi connectivity index (χ4n) is 2.03. The molecule has 0 aliphatic heterocycles. The minimum Gasteiger partial charge on any atom is -0.323 e. The summed E-state index contributed by atoms with van der Waals surface area (Å²) in [5.74, 6) is 0.382. The molecule has 0 bridgehead atoms. The van der Waals surface area contributed by atoms with Crippen molar-refractivity contribution < 1.29 is 4.79 Å². The van der Waals surface area contributed by atoms with Gasteiger partial charge < -0.3 is 10.3 Å². The zero-order valence-electron chi connectivity index (χ0n) is 13.1. The number of carbonyl (C=O) groups is 1. The molecule has 2 heterocycles. The molecule has 2 aromatic heterocycles. The third-order valence-corrected chi connectivity index (χ3v) is 4.73. The molecule has 3 aromatic rings. The number of anilines is 1. The minimum absolute atomic E-state index is 0. The van der Waals surface area contributed by atoms with Crippen molar-refractivity contribution >= 4 is 71.4 Å². The normalized spacial score (nSPS) is 9.77. The molecule has 0 aliphatic rings. The van der Waals surface area contributed by atoms with Crippen LogP contribution < -0.4 is 5.32 Å². The molecule has 138 valence electrons. The van der Waals surface area contributed by atoms with E-state index in [2.05, 4.69) is 20.3 Å². The Morgan fingerprint density at radius 3 is 2.46 bits per heavy atom. The van der Waals surface area contributed by atoms with Crippen LogP contribution in [0, 0.1) is 0 Å². The Bertz CT molecular complexity index is 841. The summed E-state index contributed by atoms with van der Waals surface area (Å²) in [6.07, 6.45) is 3.25. The highest BCUT2D eigenvalue weighted by Crippen LogP contribution is 2.27. The molecule has 1 amide bonds. The Kier molecular flexibility index (Phi) is 9.25. The van der Waals surface area contributed by atoms with E-state index in [0.29, 0.717) is 27.3 Å². The number of carbonyl (C=O) groups excluding carboxylic acids is 1. The minimum atomic E-state index is -0.173. The lowest BCUT2D eigenvalue weighted by Gasteiger charge is -2.09. The van der Waals surface area contributed by atoms with Crippen molar-refractivity contribution in [1.29, 1.82) is 0 Å². The van der Waals surface area contributed by atoms with Crippen molar-refractivity contribution in [3.63, 3.8) is 0 Å². The maximum absolute atomic E-state index is 12.5. The summed E-state index contributed by atoms with van der Waals surface area (Å²) in [6.45, 7) is 0. The highest BCUT2D eigenvalue weighted by atomic mass is 35.5. The van der Waals surface area contributed by atoms with Crippen LogP contribution in [0.15, 0.2) is 53.9 Å². The molecule has 10 heteroatoms. The van der Waals surface area contributed by atoms with Gasteiger partial charge in [0.25, 0.3) is 5.91 Å². The summed E-state index contributed by atoms with van der Waals surface area (Å²) in [4.78, 5) is 23.4. The predicted molar refractivity (Wildman–Crippen MR) is 111 cm³/mol. The molecule has 0 unspecified atom stereocenters. The smallest absolute Gasteiger partial charge is 0.255 e. The number of hydrogen-bond acceptors (Lipinski definition) is 4. The molecule has 1 aromatic carbocycles. The molecule has 5 nitrogen and oxygen atoms in total. The van der Waals surface area contributed by atoms with Gasteiger partial charge in [0.05, 0.1) is 0 Å². The molecule has 0 saturated carbocycles. The zero-order valence-corrected chi connectivity index (χ0v) is 17.1. The number of aromatic amines is 1. The Hall–Kier alpha value is -1.44. The van der Waals surface area contributed by atoms with Crippen LogP contribution in [0.5, 0.6) is 0 Å². The fraction of sp³-hybridized carbons (Fsp3) is 0.0625. The maximum atomic E-state index is 12.5. The first-order valence-electron chi connectivity index (χ1n) is 6.96. The van der Waals surface area contributed by atoms with E-state index in [1.54, 1.807) is 30.6 Å². The Morgan fingerprint density at radius 2 is 1.81 bits per heavy atom. The molecule has 26 heavy (non-hydrogen) atoms. The van der Waals surface area contributed by atoms with Gasteiger partial charge in [-0.05, 0) is 23.8 Å². The van der Waals surface area contributed by atoms with Gasteiger partial charge in [-0.1, -0.05) is 53.2 Å². The number of aromatic nitrogens is 3. The summed E-state index contributed by atoms with van der Waals surface area (Å²) in [6, 6.07) is 10.9. The van der Waals surface area contributed by atoms with E-state index >= 15 is 0 Å². The second-order valence-electron chi connectivity index (χ2n) is 4.78. The van der Waals surface area contributed by atoms with Gasteiger partial charge in [-0.15, -0.1) is 24.8 Å². The van der Waals surface area contributed by atoms with Crippen molar-refractivity contribution in [2.24, 2.45) is 0 Å². The number of thioether (sulfide) groups is 1. The number of amides is 1. The van der Waals surface area contributed by atoms with E-state index < -0.39 is 0 Å². The monoisotopic (exact) mass is 450 g/mol. The van der Waals surface area contributed by atoms with Crippen molar-refractivity contribution in [2.45, 2.75) is 10.9 Å². The van der Waals surface area contributed by atoms with Gasteiger partial charge in [-0.2, -0.15) is 0 Å². The van der Waals surface area contributed by atoms with Gasteiger partial charge in [0.2, 0.25) is 0 Å². The summed E-state index contributed by atoms with van der Waals surface area (Å²) < 4.78 is 0. The molecule has 0 fully saturated rings. The number of imidazole rings is 1. The molecule has 0 saturated heterocycles. The van der Waals surface area contributed by atoms with E-state index in [1.165, 1.54) is 11.8 Å². The molecule has 3 rings (SSSR count). The summed E-state index contributed by atoms with van der Waals surface area (Å²) in [5, 5.41) is 4.01. The van der Waals surface area contributed by atoms with Crippen LogP contribution in [0.3, 0.4) is 0 Å². The average molecular weight is 452 g/mol. The zero-order chi connectivity index (χ0) is 16.9. The predicted octanol–water partition coefficient (Wildman–Crippen LogP) is 5.50. The highest BCUT2D eigenvalue weighted by molar-refractivity contribution is 7.98. The summed E-state index contributed by atoms with van der Waals surface area (Å²) in [5.41, 5.74) is 2.19. The largest absolute Gasteiger partial charge is 0.323 e. The van der Waals surface area contributed by atoms with Gasteiger partial charge in [0.1, 0.15) is 5.15 Å². The molecule has 0 radical (unpaired) electrons. The second kappa shape index (κ2) is 10.6. The molecule has 0 spiro atoms. The van der Waals surface area contributed by atoms with Gasteiger partial charge in [0, 0.05) is 29.4 Å². The van der Waals surface area contributed by atoms with Crippen molar-refractivity contribution in [3.05, 3.63) is 70.2 Å². The molecule has 0 aliphatic carbocycles. The molecular formula is C16H14Cl4N4OS. The summed E-state index contributed by atoms with van der Waals surface area (Å²) in [7, 11) is 0. The van der Waals surface area contributed by atoms with Gasteiger partial charge in [-0.25, -0.2) is 4.98 Å². The first-order chi connectivity index (χ1) is 11.6. The standard InChI is InChI=1S/C16H12Cl2N4OS.2ClH/c17-13-14(18)22-16(21-13)24-9-10-3-1-2-4-12(10)15(23)20-11-5-7-19-8-6-11;;/h1-8H,9H2,(H,21,22)(H,19,20,23);2*1H.